The third kappa shape index (κ3) is 2.99. The predicted molar refractivity (Wildman–Crippen MR) is 77.6 cm³/mol. The number of para-hydroxylation sites is 2. The average molecular weight is 257 g/mol. The van der Waals surface area contributed by atoms with E-state index < -0.39 is 0 Å². The SMILES string of the molecule is CC(C)c1ccccc1NCc1cccc(O)c1O. The van der Waals surface area contributed by atoms with E-state index in [1.165, 1.54) is 11.6 Å². The van der Waals surface area contributed by atoms with E-state index >= 15 is 0 Å². The topological polar surface area (TPSA) is 52.5 Å². The van der Waals surface area contributed by atoms with Crippen LogP contribution in [0.1, 0.15) is 30.9 Å². The molecule has 0 aromatic heterocycles. The number of nitrogens with one attached hydrogen (secondary N) is 1. The second-order valence-corrected chi connectivity index (χ2v) is 4.88. The maximum atomic E-state index is 9.76. The second-order valence-electron chi connectivity index (χ2n) is 4.88. The number of benzene rings is 2. The summed E-state index contributed by atoms with van der Waals surface area (Å²) in [6, 6.07) is 13.1. The highest BCUT2D eigenvalue weighted by molar-refractivity contribution is 5.54. The molecule has 0 amide bonds. The van der Waals surface area contributed by atoms with E-state index in [0.29, 0.717) is 18.0 Å². The normalized spacial score (nSPS) is 10.7. The summed E-state index contributed by atoms with van der Waals surface area (Å²) in [5.41, 5.74) is 2.97. The van der Waals surface area contributed by atoms with Crippen molar-refractivity contribution in [3.8, 4) is 11.5 Å². The zero-order chi connectivity index (χ0) is 13.8. The van der Waals surface area contributed by atoms with Gasteiger partial charge in [0.15, 0.2) is 11.5 Å². The Bertz CT molecular complexity index is 564. The highest BCUT2D eigenvalue weighted by Gasteiger charge is 2.08. The monoisotopic (exact) mass is 257 g/mol. The fraction of sp³-hybridized carbons (Fsp3) is 0.250. The quantitative estimate of drug-likeness (QED) is 0.729. The minimum absolute atomic E-state index is 0.0583. The van der Waals surface area contributed by atoms with E-state index in [-0.39, 0.29) is 11.5 Å². The van der Waals surface area contributed by atoms with Crippen molar-refractivity contribution in [2.75, 3.05) is 5.32 Å². The molecule has 2 rings (SSSR count). The Balaban J connectivity index is 2.17. The van der Waals surface area contributed by atoms with Crippen LogP contribution in [0.15, 0.2) is 42.5 Å². The predicted octanol–water partition coefficient (Wildman–Crippen LogP) is 3.83. The maximum Gasteiger partial charge on any atom is 0.162 e. The molecule has 100 valence electrons. The van der Waals surface area contributed by atoms with Crippen LogP contribution in [0.5, 0.6) is 11.5 Å². The Labute approximate surface area is 113 Å². The summed E-state index contributed by atoms with van der Waals surface area (Å²) in [5, 5.41) is 22.5. The van der Waals surface area contributed by atoms with Gasteiger partial charge in [-0.15, -0.1) is 0 Å². The Morgan fingerprint density at radius 3 is 2.47 bits per heavy atom. The van der Waals surface area contributed by atoms with Crippen LogP contribution in [0.2, 0.25) is 0 Å². The van der Waals surface area contributed by atoms with Crippen LogP contribution in [0, 0.1) is 0 Å². The van der Waals surface area contributed by atoms with Crippen molar-refractivity contribution in [1.29, 1.82) is 0 Å². The highest BCUT2D eigenvalue weighted by Crippen LogP contribution is 2.30. The van der Waals surface area contributed by atoms with Gasteiger partial charge in [-0.3, -0.25) is 0 Å². The first kappa shape index (κ1) is 13.3. The summed E-state index contributed by atoms with van der Waals surface area (Å²) >= 11 is 0. The van der Waals surface area contributed by atoms with Gasteiger partial charge in [0.05, 0.1) is 0 Å². The van der Waals surface area contributed by atoms with Crippen molar-refractivity contribution in [2.24, 2.45) is 0 Å². The van der Waals surface area contributed by atoms with Gasteiger partial charge in [0.25, 0.3) is 0 Å². The molecule has 3 N–H and O–H groups in total. The average Bonchev–Trinajstić information content (AvgIpc) is 2.40. The molecule has 0 heterocycles. The van der Waals surface area contributed by atoms with Gasteiger partial charge in [-0.1, -0.05) is 44.2 Å². The Morgan fingerprint density at radius 1 is 1.00 bits per heavy atom. The lowest BCUT2D eigenvalue weighted by atomic mass is 10.0. The van der Waals surface area contributed by atoms with Gasteiger partial charge in [-0.05, 0) is 23.6 Å². The van der Waals surface area contributed by atoms with E-state index in [4.69, 9.17) is 0 Å². The molecule has 0 fully saturated rings. The van der Waals surface area contributed by atoms with Crippen molar-refractivity contribution in [1.82, 2.24) is 0 Å². The molecule has 2 aromatic rings. The number of hydrogen-bond donors (Lipinski definition) is 3. The summed E-state index contributed by atoms with van der Waals surface area (Å²) in [4.78, 5) is 0. The second kappa shape index (κ2) is 5.65. The molecule has 3 nitrogen and oxygen atoms in total. The van der Waals surface area contributed by atoms with Gasteiger partial charge >= 0.3 is 0 Å². The third-order valence-corrected chi connectivity index (χ3v) is 3.15. The van der Waals surface area contributed by atoms with Crippen molar-refractivity contribution >= 4 is 5.69 Å². The first-order valence-electron chi connectivity index (χ1n) is 6.42. The summed E-state index contributed by atoms with van der Waals surface area (Å²) in [7, 11) is 0. The standard InChI is InChI=1S/C16H19NO2/c1-11(2)13-7-3-4-8-14(13)17-10-12-6-5-9-15(18)16(12)19/h3-9,11,17-19H,10H2,1-2H3. The largest absolute Gasteiger partial charge is 0.504 e. The van der Waals surface area contributed by atoms with Crippen LogP contribution in [0.25, 0.3) is 0 Å². The molecular weight excluding hydrogens is 238 g/mol. The molecule has 3 heteroatoms. The molecule has 0 bridgehead atoms. The van der Waals surface area contributed by atoms with E-state index in [9.17, 15) is 10.2 Å². The van der Waals surface area contributed by atoms with Gasteiger partial charge in [0, 0.05) is 17.8 Å². The van der Waals surface area contributed by atoms with E-state index in [0.717, 1.165) is 5.69 Å². The Hall–Kier alpha value is -2.16. The number of phenols is 2. The summed E-state index contributed by atoms with van der Waals surface area (Å²) in [5.74, 6) is 0.287. The molecular formula is C16H19NO2. The lowest BCUT2D eigenvalue weighted by molar-refractivity contribution is 0.400. The molecule has 2 aromatic carbocycles. The van der Waals surface area contributed by atoms with Gasteiger partial charge in [-0.25, -0.2) is 0 Å². The minimum atomic E-state index is -0.0866. The first-order valence-corrected chi connectivity index (χ1v) is 6.42. The fourth-order valence-electron chi connectivity index (χ4n) is 2.07. The third-order valence-electron chi connectivity index (χ3n) is 3.15. The molecule has 0 saturated carbocycles. The van der Waals surface area contributed by atoms with Crippen molar-refractivity contribution in [3.05, 3.63) is 53.6 Å². The molecule has 0 spiro atoms. The van der Waals surface area contributed by atoms with Crippen molar-refractivity contribution < 1.29 is 10.2 Å². The summed E-state index contributed by atoms with van der Waals surface area (Å²) in [6.07, 6.45) is 0. The van der Waals surface area contributed by atoms with Crippen LogP contribution >= 0.6 is 0 Å². The number of anilines is 1. The lowest BCUT2D eigenvalue weighted by Crippen LogP contribution is -2.03. The maximum absolute atomic E-state index is 9.76. The smallest absolute Gasteiger partial charge is 0.162 e. The van der Waals surface area contributed by atoms with Gasteiger partial charge in [-0.2, -0.15) is 0 Å². The van der Waals surface area contributed by atoms with Crippen LogP contribution < -0.4 is 5.32 Å². The van der Waals surface area contributed by atoms with E-state index in [1.807, 2.05) is 18.2 Å². The fourth-order valence-corrected chi connectivity index (χ4v) is 2.07. The van der Waals surface area contributed by atoms with E-state index in [1.54, 1.807) is 12.1 Å². The van der Waals surface area contributed by atoms with Crippen LogP contribution in [0.4, 0.5) is 5.69 Å². The summed E-state index contributed by atoms with van der Waals surface area (Å²) < 4.78 is 0. The number of hydrogen-bond acceptors (Lipinski definition) is 3. The molecule has 0 aliphatic heterocycles. The zero-order valence-corrected chi connectivity index (χ0v) is 11.2. The zero-order valence-electron chi connectivity index (χ0n) is 11.2. The van der Waals surface area contributed by atoms with Crippen LogP contribution in [0.3, 0.4) is 0 Å². The molecule has 0 atom stereocenters. The molecule has 0 aliphatic carbocycles. The first-order chi connectivity index (χ1) is 9.09. The van der Waals surface area contributed by atoms with Crippen LogP contribution in [-0.4, -0.2) is 10.2 Å². The number of rotatable bonds is 4. The lowest BCUT2D eigenvalue weighted by Gasteiger charge is -2.15. The molecule has 0 aliphatic rings. The minimum Gasteiger partial charge on any atom is -0.504 e. The van der Waals surface area contributed by atoms with Gasteiger partial charge in [0.1, 0.15) is 0 Å². The molecule has 0 unspecified atom stereocenters. The van der Waals surface area contributed by atoms with Crippen molar-refractivity contribution in [3.63, 3.8) is 0 Å². The van der Waals surface area contributed by atoms with Gasteiger partial charge in [0.2, 0.25) is 0 Å². The number of aromatic hydroxyl groups is 2. The number of phenolic OH excluding ortho intramolecular Hbond substituents is 2. The van der Waals surface area contributed by atoms with Crippen molar-refractivity contribution in [2.45, 2.75) is 26.3 Å². The Morgan fingerprint density at radius 2 is 1.74 bits per heavy atom. The molecule has 0 saturated heterocycles. The van der Waals surface area contributed by atoms with Gasteiger partial charge < -0.3 is 15.5 Å². The van der Waals surface area contributed by atoms with E-state index in [2.05, 4.69) is 25.2 Å². The highest BCUT2D eigenvalue weighted by atomic mass is 16.3. The Kier molecular flexibility index (Phi) is 3.95. The molecule has 19 heavy (non-hydrogen) atoms. The van der Waals surface area contributed by atoms with Crippen LogP contribution in [-0.2, 0) is 6.54 Å². The summed E-state index contributed by atoms with van der Waals surface area (Å²) in [6.45, 7) is 4.77. The molecule has 0 radical (unpaired) electrons.